The SMILES string of the molecule is CC(O)C(=O)O.NCCc1cnc[nH]1. The Hall–Kier alpha value is -1.40. The number of aromatic nitrogens is 2. The van der Waals surface area contributed by atoms with Gasteiger partial charge in [0.25, 0.3) is 0 Å². The molecule has 0 aromatic carbocycles. The summed E-state index contributed by atoms with van der Waals surface area (Å²) in [5.41, 5.74) is 6.38. The molecule has 1 rings (SSSR count). The molecule has 0 radical (unpaired) electrons. The van der Waals surface area contributed by atoms with Gasteiger partial charge in [0.2, 0.25) is 0 Å². The van der Waals surface area contributed by atoms with Gasteiger partial charge in [0.05, 0.1) is 6.33 Å². The molecule has 1 aromatic rings. The minimum atomic E-state index is -1.23. The molecular formula is C8H15N3O3. The van der Waals surface area contributed by atoms with Crippen LogP contribution in [0.15, 0.2) is 12.5 Å². The van der Waals surface area contributed by atoms with Crippen LogP contribution in [0.1, 0.15) is 12.6 Å². The van der Waals surface area contributed by atoms with Crippen LogP contribution in [0.2, 0.25) is 0 Å². The summed E-state index contributed by atoms with van der Waals surface area (Å²) in [5.74, 6) is -1.19. The summed E-state index contributed by atoms with van der Waals surface area (Å²) >= 11 is 0. The summed E-state index contributed by atoms with van der Waals surface area (Å²) in [6.45, 7) is 1.88. The third kappa shape index (κ3) is 6.15. The first-order chi connectivity index (χ1) is 6.57. The van der Waals surface area contributed by atoms with Crippen molar-refractivity contribution >= 4 is 5.97 Å². The minimum Gasteiger partial charge on any atom is -0.479 e. The number of carbonyl (C=O) groups is 1. The molecule has 1 heterocycles. The van der Waals surface area contributed by atoms with Crippen molar-refractivity contribution in [2.24, 2.45) is 5.73 Å². The summed E-state index contributed by atoms with van der Waals surface area (Å²) in [7, 11) is 0. The number of H-pyrrole nitrogens is 1. The first-order valence-electron chi connectivity index (χ1n) is 4.16. The number of aliphatic hydroxyl groups excluding tert-OH is 1. The molecule has 1 atom stereocenters. The highest BCUT2D eigenvalue weighted by atomic mass is 16.4. The minimum absolute atomic E-state index is 0.683. The van der Waals surface area contributed by atoms with Gasteiger partial charge in [0.1, 0.15) is 6.10 Å². The molecule has 0 fully saturated rings. The summed E-state index contributed by atoms with van der Waals surface area (Å²) in [4.78, 5) is 16.2. The van der Waals surface area contributed by atoms with Crippen molar-refractivity contribution in [3.8, 4) is 0 Å². The number of carboxylic acids is 1. The maximum atomic E-state index is 9.45. The van der Waals surface area contributed by atoms with E-state index in [-0.39, 0.29) is 0 Å². The molecule has 0 spiro atoms. The standard InChI is InChI=1S/C5H9N3.C3H6O3/c6-2-1-5-3-7-4-8-5;1-2(4)3(5)6/h3-4H,1-2,6H2,(H,7,8);2,4H,1H3,(H,5,6). The predicted octanol–water partition coefficient (Wildman–Crippen LogP) is -0.637. The lowest BCUT2D eigenvalue weighted by molar-refractivity contribution is -0.145. The second-order valence-corrected chi connectivity index (χ2v) is 2.63. The average Bonchev–Trinajstić information content (AvgIpc) is 2.58. The highest BCUT2D eigenvalue weighted by Crippen LogP contribution is 1.88. The van der Waals surface area contributed by atoms with Crippen LogP contribution in [0.3, 0.4) is 0 Å². The third-order valence-electron chi connectivity index (χ3n) is 1.33. The Bertz CT molecular complexity index is 246. The van der Waals surface area contributed by atoms with Crippen LogP contribution in [-0.4, -0.2) is 38.8 Å². The number of carboxylic acid groups (broad SMARTS) is 1. The van der Waals surface area contributed by atoms with Crippen molar-refractivity contribution in [2.75, 3.05) is 6.54 Å². The maximum absolute atomic E-state index is 9.45. The lowest BCUT2D eigenvalue weighted by atomic mass is 10.3. The van der Waals surface area contributed by atoms with E-state index in [1.807, 2.05) is 0 Å². The molecule has 14 heavy (non-hydrogen) atoms. The zero-order valence-corrected chi connectivity index (χ0v) is 7.97. The van der Waals surface area contributed by atoms with Crippen LogP contribution in [-0.2, 0) is 11.2 Å². The highest BCUT2D eigenvalue weighted by Gasteiger charge is 2.01. The van der Waals surface area contributed by atoms with Crippen LogP contribution in [0, 0.1) is 0 Å². The van der Waals surface area contributed by atoms with Gasteiger partial charge in [-0.2, -0.15) is 0 Å². The number of rotatable bonds is 3. The van der Waals surface area contributed by atoms with Gasteiger partial charge in [-0.15, -0.1) is 0 Å². The monoisotopic (exact) mass is 201 g/mol. The van der Waals surface area contributed by atoms with Crippen LogP contribution in [0.4, 0.5) is 0 Å². The average molecular weight is 201 g/mol. The van der Waals surface area contributed by atoms with Crippen molar-refractivity contribution < 1.29 is 15.0 Å². The van der Waals surface area contributed by atoms with Crippen LogP contribution in [0.25, 0.3) is 0 Å². The van der Waals surface area contributed by atoms with Gasteiger partial charge >= 0.3 is 5.97 Å². The Morgan fingerprint density at radius 1 is 1.79 bits per heavy atom. The molecular weight excluding hydrogens is 186 g/mol. The van der Waals surface area contributed by atoms with Gasteiger partial charge in [-0.1, -0.05) is 0 Å². The molecule has 0 saturated heterocycles. The van der Waals surface area contributed by atoms with E-state index in [9.17, 15) is 4.79 Å². The Labute approximate surface area is 81.8 Å². The first kappa shape index (κ1) is 12.6. The summed E-state index contributed by atoms with van der Waals surface area (Å²) < 4.78 is 0. The van der Waals surface area contributed by atoms with E-state index in [1.165, 1.54) is 6.92 Å². The van der Waals surface area contributed by atoms with Gasteiger partial charge in [-0.05, 0) is 13.5 Å². The number of aliphatic hydroxyl groups is 1. The summed E-state index contributed by atoms with van der Waals surface area (Å²) in [6.07, 6.45) is 3.10. The van der Waals surface area contributed by atoms with Gasteiger partial charge in [-0.25, -0.2) is 9.78 Å². The number of aromatic amines is 1. The normalized spacial score (nSPS) is 11.4. The van der Waals surface area contributed by atoms with Crippen molar-refractivity contribution in [1.82, 2.24) is 9.97 Å². The number of nitrogens with one attached hydrogen (secondary N) is 1. The van der Waals surface area contributed by atoms with Gasteiger partial charge in [0, 0.05) is 18.3 Å². The molecule has 0 saturated carbocycles. The Morgan fingerprint density at radius 2 is 2.36 bits per heavy atom. The van der Waals surface area contributed by atoms with E-state index in [4.69, 9.17) is 15.9 Å². The lowest BCUT2D eigenvalue weighted by Crippen LogP contribution is -2.13. The Morgan fingerprint density at radius 3 is 2.64 bits per heavy atom. The number of nitrogens with zero attached hydrogens (tertiary/aromatic N) is 1. The van der Waals surface area contributed by atoms with Gasteiger partial charge < -0.3 is 20.9 Å². The predicted molar refractivity (Wildman–Crippen MR) is 50.7 cm³/mol. The Kier molecular flexibility index (Phi) is 6.34. The third-order valence-corrected chi connectivity index (χ3v) is 1.33. The van der Waals surface area contributed by atoms with E-state index in [0.29, 0.717) is 6.54 Å². The van der Waals surface area contributed by atoms with Gasteiger partial charge in [-0.3, -0.25) is 0 Å². The molecule has 0 amide bonds. The number of imidazole rings is 1. The molecule has 1 aromatic heterocycles. The summed E-state index contributed by atoms with van der Waals surface area (Å²) in [6, 6.07) is 0. The molecule has 0 bridgehead atoms. The molecule has 0 aliphatic carbocycles. The fourth-order valence-electron chi connectivity index (χ4n) is 0.577. The van der Waals surface area contributed by atoms with E-state index < -0.39 is 12.1 Å². The fourth-order valence-corrected chi connectivity index (χ4v) is 0.577. The molecule has 6 nitrogen and oxygen atoms in total. The molecule has 0 aliphatic heterocycles. The van der Waals surface area contributed by atoms with Crippen molar-refractivity contribution in [2.45, 2.75) is 19.4 Å². The zero-order chi connectivity index (χ0) is 11.0. The maximum Gasteiger partial charge on any atom is 0.332 e. The first-order valence-corrected chi connectivity index (χ1v) is 4.16. The quantitative estimate of drug-likeness (QED) is 0.519. The lowest BCUT2D eigenvalue weighted by Gasteiger charge is -1.89. The molecule has 80 valence electrons. The van der Waals surface area contributed by atoms with Crippen LogP contribution >= 0.6 is 0 Å². The Balaban J connectivity index is 0.000000255. The van der Waals surface area contributed by atoms with E-state index in [1.54, 1.807) is 12.5 Å². The van der Waals surface area contributed by atoms with E-state index in [2.05, 4.69) is 9.97 Å². The van der Waals surface area contributed by atoms with E-state index in [0.717, 1.165) is 12.1 Å². The zero-order valence-electron chi connectivity index (χ0n) is 7.97. The second kappa shape index (κ2) is 7.05. The largest absolute Gasteiger partial charge is 0.479 e. The van der Waals surface area contributed by atoms with Crippen molar-refractivity contribution in [3.63, 3.8) is 0 Å². The van der Waals surface area contributed by atoms with Crippen molar-refractivity contribution in [3.05, 3.63) is 18.2 Å². The number of hydrogen-bond acceptors (Lipinski definition) is 4. The van der Waals surface area contributed by atoms with Crippen LogP contribution < -0.4 is 5.73 Å². The number of aliphatic carboxylic acids is 1. The smallest absolute Gasteiger partial charge is 0.332 e. The molecule has 1 unspecified atom stereocenters. The number of hydrogen-bond donors (Lipinski definition) is 4. The molecule has 6 heteroatoms. The molecule has 5 N–H and O–H groups in total. The number of nitrogens with two attached hydrogens (primary N) is 1. The molecule has 0 aliphatic rings. The van der Waals surface area contributed by atoms with E-state index >= 15 is 0 Å². The van der Waals surface area contributed by atoms with Crippen LogP contribution in [0.5, 0.6) is 0 Å². The summed E-state index contributed by atoms with van der Waals surface area (Å²) in [5, 5.41) is 15.8. The second-order valence-electron chi connectivity index (χ2n) is 2.63. The fraction of sp³-hybridized carbons (Fsp3) is 0.500. The van der Waals surface area contributed by atoms with Crippen molar-refractivity contribution in [1.29, 1.82) is 0 Å². The van der Waals surface area contributed by atoms with Gasteiger partial charge in [0.15, 0.2) is 0 Å². The topological polar surface area (TPSA) is 112 Å². The highest BCUT2D eigenvalue weighted by molar-refractivity contribution is 5.71.